The first-order valence-electron chi connectivity index (χ1n) is 5.12. The Morgan fingerprint density at radius 2 is 2.33 bits per heavy atom. The van der Waals surface area contributed by atoms with Gasteiger partial charge in [0.1, 0.15) is 0 Å². The van der Waals surface area contributed by atoms with Crippen molar-refractivity contribution >= 4 is 5.91 Å². The molecule has 0 unspecified atom stereocenters. The molecule has 0 atom stereocenters. The lowest BCUT2D eigenvalue weighted by atomic mass is 10.3. The number of hydrogen-bond acceptors (Lipinski definition) is 3. The summed E-state index contributed by atoms with van der Waals surface area (Å²) in [6.07, 6.45) is 3.21. The van der Waals surface area contributed by atoms with Gasteiger partial charge in [0.15, 0.2) is 0 Å². The van der Waals surface area contributed by atoms with Crippen molar-refractivity contribution in [1.29, 1.82) is 0 Å². The van der Waals surface area contributed by atoms with Crippen molar-refractivity contribution < 1.29 is 4.79 Å². The topological polar surface area (TPSA) is 59.0 Å². The highest BCUT2D eigenvalue weighted by Crippen LogP contribution is 1.93. The second-order valence-electron chi connectivity index (χ2n) is 3.43. The maximum atomic E-state index is 11.2. The van der Waals surface area contributed by atoms with E-state index >= 15 is 0 Å². The number of aromatic nitrogens is 2. The lowest BCUT2D eigenvalue weighted by molar-refractivity contribution is -0.120. The molecule has 15 heavy (non-hydrogen) atoms. The lowest BCUT2D eigenvalue weighted by Gasteiger charge is -2.03. The van der Waals surface area contributed by atoms with Gasteiger partial charge in [0.05, 0.1) is 5.69 Å². The zero-order valence-electron chi connectivity index (χ0n) is 9.29. The molecule has 0 saturated carbocycles. The van der Waals surface area contributed by atoms with Gasteiger partial charge in [-0.2, -0.15) is 5.10 Å². The Balaban J connectivity index is 2.13. The van der Waals surface area contributed by atoms with Crippen molar-refractivity contribution in [3.63, 3.8) is 0 Å². The predicted octanol–water partition coefficient (Wildman–Crippen LogP) is -0.312. The number of hydrogen-bond donors (Lipinski definition) is 2. The third-order valence-corrected chi connectivity index (χ3v) is 2.07. The molecule has 0 bridgehead atoms. The van der Waals surface area contributed by atoms with E-state index in [1.807, 2.05) is 26.4 Å². The Hall–Kier alpha value is -1.36. The molecule has 1 heterocycles. The molecule has 0 aliphatic carbocycles. The summed E-state index contributed by atoms with van der Waals surface area (Å²) in [7, 11) is 3.72. The fourth-order valence-electron chi connectivity index (χ4n) is 1.25. The molecule has 1 rings (SSSR count). The predicted molar refractivity (Wildman–Crippen MR) is 58.5 cm³/mol. The molecule has 5 nitrogen and oxygen atoms in total. The summed E-state index contributed by atoms with van der Waals surface area (Å²) in [6, 6.07) is 1.96. The van der Waals surface area contributed by atoms with E-state index in [1.54, 1.807) is 4.68 Å². The van der Waals surface area contributed by atoms with Crippen LogP contribution in [0.4, 0.5) is 0 Å². The van der Waals surface area contributed by atoms with Crippen LogP contribution in [0.5, 0.6) is 0 Å². The minimum Gasteiger partial charge on any atom is -0.356 e. The molecule has 0 fully saturated rings. The van der Waals surface area contributed by atoms with Gasteiger partial charge in [-0.05, 0) is 13.1 Å². The molecule has 1 aromatic rings. The molecule has 0 aliphatic rings. The summed E-state index contributed by atoms with van der Waals surface area (Å²) >= 11 is 0. The highest BCUT2D eigenvalue weighted by molar-refractivity contribution is 5.76. The largest absolute Gasteiger partial charge is 0.356 e. The van der Waals surface area contributed by atoms with E-state index in [9.17, 15) is 4.79 Å². The van der Waals surface area contributed by atoms with Gasteiger partial charge in [-0.3, -0.25) is 9.48 Å². The number of aryl methyl sites for hydroxylation is 1. The summed E-state index contributed by atoms with van der Waals surface area (Å²) in [5, 5.41) is 10.0. The molecular weight excluding hydrogens is 192 g/mol. The summed E-state index contributed by atoms with van der Waals surface area (Å²) in [6.45, 7) is 1.37. The van der Waals surface area contributed by atoms with Crippen molar-refractivity contribution in [2.24, 2.45) is 7.05 Å². The Labute approximate surface area is 89.9 Å². The number of carbonyl (C=O) groups is 1. The quantitative estimate of drug-likeness (QED) is 0.677. The summed E-state index contributed by atoms with van der Waals surface area (Å²) in [5.74, 6) is 0.0836. The standard InChI is InChI=1S/C10H18N4O/c1-11-6-4-10(15)12-7-3-9-5-8-14(2)13-9/h5,8,11H,3-4,6-7H2,1-2H3,(H,12,15). The van der Waals surface area contributed by atoms with E-state index < -0.39 is 0 Å². The van der Waals surface area contributed by atoms with Gasteiger partial charge < -0.3 is 10.6 Å². The van der Waals surface area contributed by atoms with E-state index in [2.05, 4.69) is 15.7 Å². The number of nitrogens with one attached hydrogen (secondary N) is 2. The maximum Gasteiger partial charge on any atom is 0.221 e. The van der Waals surface area contributed by atoms with Gasteiger partial charge in [0.2, 0.25) is 5.91 Å². The Morgan fingerprint density at radius 1 is 1.53 bits per heavy atom. The fraction of sp³-hybridized carbons (Fsp3) is 0.600. The van der Waals surface area contributed by atoms with Crippen molar-refractivity contribution in [1.82, 2.24) is 20.4 Å². The second-order valence-corrected chi connectivity index (χ2v) is 3.43. The molecule has 0 aliphatic heterocycles. The van der Waals surface area contributed by atoms with Crippen LogP contribution >= 0.6 is 0 Å². The van der Waals surface area contributed by atoms with Gasteiger partial charge in [-0.1, -0.05) is 0 Å². The highest BCUT2D eigenvalue weighted by atomic mass is 16.1. The molecule has 0 radical (unpaired) electrons. The van der Waals surface area contributed by atoms with Crippen molar-refractivity contribution in [3.8, 4) is 0 Å². The second kappa shape index (κ2) is 6.19. The number of amides is 1. The average molecular weight is 210 g/mol. The van der Waals surface area contributed by atoms with Crippen molar-refractivity contribution in [2.75, 3.05) is 20.1 Å². The Bertz CT molecular complexity index is 308. The van der Waals surface area contributed by atoms with Crippen LogP contribution in [0.2, 0.25) is 0 Å². The van der Waals surface area contributed by atoms with Crippen molar-refractivity contribution in [2.45, 2.75) is 12.8 Å². The van der Waals surface area contributed by atoms with Crippen LogP contribution < -0.4 is 10.6 Å². The molecule has 1 amide bonds. The molecule has 0 saturated heterocycles. The van der Waals surface area contributed by atoms with E-state index in [0.717, 1.165) is 18.7 Å². The number of nitrogens with zero attached hydrogens (tertiary/aromatic N) is 2. The summed E-state index contributed by atoms with van der Waals surface area (Å²) < 4.78 is 1.76. The highest BCUT2D eigenvalue weighted by Gasteiger charge is 2.00. The smallest absolute Gasteiger partial charge is 0.221 e. The molecule has 5 heteroatoms. The molecule has 84 valence electrons. The molecule has 0 aromatic carbocycles. The van der Waals surface area contributed by atoms with Gasteiger partial charge in [-0.15, -0.1) is 0 Å². The van der Waals surface area contributed by atoms with E-state index in [1.165, 1.54) is 0 Å². The first-order valence-corrected chi connectivity index (χ1v) is 5.12. The normalized spacial score (nSPS) is 10.3. The summed E-state index contributed by atoms with van der Waals surface area (Å²) in [4.78, 5) is 11.2. The zero-order chi connectivity index (χ0) is 11.1. The minimum atomic E-state index is 0.0836. The van der Waals surface area contributed by atoms with Crippen LogP contribution in [0.1, 0.15) is 12.1 Å². The Morgan fingerprint density at radius 3 is 2.93 bits per heavy atom. The van der Waals surface area contributed by atoms with Gasteiger partial charge in [0.25, 0.3) is 0 Å². The van der Waals surface area contributed by atoms with Crippen LogP contribution in [-0.4, -0.2) is 35.8 Å². The first-order chi connectivity index (χ1) is 7.22. The van der Waals surface area contributed by atoms with Crippen LogP contribution in [0, 0.1) is 0 Å². The van der Waals surface area contributed by atoms with Crippen LogP contribution in [-0.2, 0) is 18.3 Å². The van der Waals surface area contributed by atoms with Gasteiger partial charge in [-0.25, -0.2) is 0 Å². The van der Waals surface area contributed by atoms with Crippen LogP contribution in [0.3, 0.4) is 0 Å². The molecular formula is C10H18N4O. The molecule has 1 aromatic heterocycles. The van der Waals surface area contributed by atoms with E-state index in [-0.39, 0.29) is 5.91 Å². The lowest BCUT2D eigenvalue weighted by Crippen LogP contribution is -2.28. The molecule has 2 N–H and O–H groups in total. The SMILES string of the molecule is CNCCC(=O)NCCc1ccn(C)n1. The number of carbonyl (C=O) groups excluding carboxylic acids is 1. The minimum absolute atomic E-state index is 0.0836. The van der Waals surface area contributed by atoms with Crippen molar-refractivity contribution in [3.05, 3.63) is 18.0 Å². The average Bonchev–Trinajstić information content (AvgIpc) is 2.61. The number of rotatable bonds is 6. The van der Waals surface area contributed by atoms with E-state index in [0.29, 0.717) is 13.0 Å². The first kappa shape index (κ1) is 11.7. The third-order valence-electron chi connectivity index (χ3n) is 2.07. The van der Waals surface area contributed by atoms with E-state index in [4.69, 9.17) is 0 Å². The summed E-state index contributed by atoms with van der Waals surface area (Å²) in [5.41, 5.74) is 1.01. The van der Waals surface area contributed by atoms with Crippen LogP contribution in [0.25, 0.3) is 0 Å². The van der Waals surface area contributed by atoms with Gasteiger partial charge >= 0.3 is 0 Å². The molecule has 0 spiro atoms. The Kier molecular flexibility index (Phi) is 4.83. The van der Waals surface area contributed by atoms with Gasteiger partial charge in [0, 0.05) is 39.2 Å². The third kappa shape index (κ3) is 4.60. The monoisotopic (exact) mass is 210 g/mol. The van der Waals surface area contributed by atoms with Crippen LogP contribution in [0.15, 0.2) is 12.3 Å². The maximum absolute atomic E-state index is 11.2. The fourth-order valence-corrected chi connectivity index (χ4v) is 1.25. The zero-order valence-corrected chi connectivity index (χ0v) is 9.29.